The number of ether oxygens (including phenoxy) is 1. The topological polar surface area (TPSA) is 66.9 Å². The minimum Gasteiger partial charge on any atom is -0.494 e. The summed E-state index contributed by atoms with van der Waals surface area (Å²) in [5.74, 6) is -0.313. The molecule has 0 spiro atoms. The number of halogens is 1. The molecule has 4 rings (SSSR count). The molecule has 1 fully saturated rings. The number of aryl methyl sites for hydroxylation is 1. The summed E-state index contributed by atoms with van der Waals surface area (Å²) < 4.78 is 5.46. The first-order chi connectivity index (χ1) is 16.9. The van der Waals surface area contributed by atoms with Gasteiger partial charge in [0.1, 0.15) is 11.8 Å². The number of carbonyl (C=O) groups is 3. The normalized spacial score (nSPS) is 15.4. The van der Waals surface area contributed by atoms with Crippen molar-refractivity contribution in [3.63, 3.8) is 0 Å². The number of hydrogen-bond acceptors (Lipinski definition) is 4. The van der Waals surface area contributed by atoms with Crippen LogP contribution in [0.5, 0.6) is 5.75 Å². The molecule has 0 saturated carbocycles. The van der Waals surface area contributed by atoms with Crippen molar-refractivity contribution in [3.05, 3.63) is 94.5 Å². The smallest absolute Gasteiger partial charge is 0.257 e. The second-order valence-electron chi connectivity index (χ2n) is 8.52. The lowest BCUT2D eigenvalue weighted by Gasteiger charge is -2.28. The van der Waals surface area contributed by atoms with Gasteiger partial charge in [0.15, 0.2) is 0 Å². The highest BCUT2D eigenvalue weighted by molar-refractivity contribution is 6.30. The zero-order valence-corrected chi connectivity index (χ0v) is 20.5. The molecular formula is C28H27ClN2O4. The van der Waals surface area contributed by atoms with E-state index in [1.165, 1.54) is 4.90 Å². The Labute approximate surface area is 210 Å². The molecule has 1 aliphatic rings. The highest BCUT2D eigenvalue weighted by atomic mass is 35.5. The Balaban J connectivity index is 1.60. The van der Waals surface area contributed by atoms with E-state index in [9.17, 15) is 14.4 Å². The molecule has 1 heterocycles. The Bertz CT molecular complexity index is 1210. The van der Waals surface area contributed by atoms with E-state index in [1.807, 2.05) is 38.1 Å². The van der Waals surface area contributed by atoms with Crippen LogP contribution < -0.4 is 9.64 Å². The number of anilines is 1. The summed E-state index contributed by atoms with van der Waals surface area (Å²) >= 11 is 5.98. The summed E-state index contributed by atoms with van der Waals surface area (Å²) in [5.41, 5.74) is 3.24. The van der Waals surface area contributed by atoms with Crippen LogP contribution in [-0.2, 0) is 27.3 Å². The maximum atomic E-state index is 13.5. The van der Waals surface area contributed by atoms with Gasteiger partial charge in [-0.25, -0.2) is 4.90 Å². The zero-order valence-electron chi connectivity index (χ0n) is 19.7. The number of amides is 3. The van der Waals surface area contributed by atoms with Gasteiger partial charge in [-0.2, -0.15) is 0 Å². The van der Waals surface area contributed by atoms with Crippen molar-refractivity contribution in [1.29, 1.82) is 0 Å². The van der Waals surface area contributed by atoms with Gasteiger partial charge in [0.25, 0.3) is 5.91 Å². The molecule has 3 aromatic rings. The van der Waals surface area contributed by atoms with Crippen molar-refractivity contribution >= 4 is 35.0 Å². The van der Waals surface area contributed by atoms with E-state index in [4.69, 9.17) is 16.3 Å². The molecule has 0 radical (unpaired) electrons. The molecule has 1 saturated heterocycles. The molecule has 1 unspecified atom stereocenters. The van der Waals surface area contributed by atoms with E-state index in [1.54, 1.807) is 48.5 Å². The van der Waals surface area contributed by atoms with Gasteiger partial charge in [-0.3, -0.25) is 14.4 Å². The van der Waals surface area contributed by atoms with Crippen molar-refractivity contribution in [1.82, 2.24) is 4.90 Å². The molecule has 180 valence electrons. The fourth-order valence-electron chi connectivity index (χ4n) is 4.13. The minimum absolute atomic E-state index is 0.0652. The zero-order chi connectivity index (χ0) is 24.9. The molecule has 3 amide bonds. The van der Waals surface area contributed by atoms with Crippen LogP contribution in [0.15, 0.2) is 72.8 Å². The Kier molecular flexibility index (Phi) is 7.51. The summed E-state index contributed by atoms with van der Waals surface area (Å²) in [6.07, 6.45) is 0.0360. The van der Waals surface area contributed by atoms with Crippen molar-refractivity contribution in [2.24, 2.45) is 0 Å². The van der Waals surface area contributed by atoms with Gasteiger partial charge in [-0.15, -0.1) is 0 Å². The summed E-state index contributed by atoms with van der Waals surface area (Å²) in [4.78, 5) is 42.6. The number of imide groups is 1. The van der Waals surface area contributed by atoms with Gasteiger partial charge in [0, 0.05) is 11.6 Å². The van der Waals surface area contributed by atoms with Crippen molar-refractivity contribution in [3.8, 4) is 5.75 Å². The molecule has 0 aliphatic carbocycles. The van der Waals surface area contributed by atoms with Crippen LogP contribution in [0.2, 0.25) is 5.02 Å². The van der Waals surface area contributed by atoms with Crippen molar-refractivity contribution in [2.75, 3.05) is 11.5 Å². The second kappa shape index (κ2) is 10.7. The molecule has 1 aliphatic heterocycles. The standard InChI is InChI=1S/C28H27ClN2O4/c1-3-35-24-14-12-23(13-15-24)31-27(33)17-25(28(31)34)30(18-21-6-4-19(2)5-7-21)26(32)16-20-8-10-22(29)11-9-20/h4-15,25H,3,16-18H2,1-2H3. The summed E-state index contributed by atoms with van der Waals surface area (Å²) in [6, 6.07) is 20.8. The van der Waals surface area contributed by atoms with E-state index in [0.29, 0.717) is 23.1 Å². The number of nitrogens with zero attached hydrogens (tertiary/aromatic N) is 2. The number of hydrogen-bond donors (Lipinski definition) is 0. The van der Waals surface area contributed by atoms with E-state index in [2.05, 4.69) is 0 Å². The van der Waals surface area contributed by atoms with Gasteiger partial charge in [0.2, 0.25) is 11.8 Å². The van der Waals surface area contributed by atoms with E-state index < -0.39 is 11.9 Å². The Morgan fingerprint density at radius 1 is 0.971 bits per heavy atom. The van der Waals surface area contributed by atoms with Crippen LogP contribution >= 0.6 is 11.6 Å². The molecule has 0 N–H and O–H groups in total. The van der Waals surface area contributed by atoms with Crippen molar-refractivity contribution in [2.45, 2.75) is 39.3 Å². The Morgan fingerprint density at radius 3 is 2.23 bits per heavy atom. The van der Waals surface area contributed by atoms with Crippen LogP contribution in [0.4, 0.5) is 5.69 Å². The van der Waals surface area contributed by atoms with Crippen LogP contribution in [0.3, 0.4) is 0 Å². The summed E-state index contributed by atoms with van der Waals surface area (Å²) in [5, 5.41) is 0.584. The van der Waals surface area contributed by atoms with Crippen LogP contribution in [0.25, 0.3) is 0 Å². The monoisotopic (exact) mass is 490 g/mol. The van der Waals surface area contributed by atoms with E-state index in [0.717, 1.165) is 21.6 Å². The fraction of sp³-hybridized carbons (Fsp3) is 0.250. The maximum absolute atomic E-state index is 13.5. The largest absolute Gasteiger partial charge is 0.494 e. The Hall–Kier alpha value is -3.64. The third-order valence-electron chi connectivity index (χ3n) is 5.97. The van der Waals surface area contributed by atoms with E-state index >= 15 is 0 Å². The second-order valence-corrected chi connectivity index (χ2v) is 8.96. The molecule has 3 aromatic carbocycles. The molecule has 6 nitrogen and oxygen atoms in total. The quantitative estimate of drug-likeness (QED) is 0.419. The first kappa shape index (κ1) is 24.5. The molecular weight excluding hydrogens is 464 g/mol. The third kappa shape index (κ3) is 5.72. The van der Waals surface area contributed by atoms with Gasteiger partial charge in [0.05, 0.1) is 25.1 Å². The summed E-state index contributed by atoms with van der Waals surface area (Å²) in [7, 11) is 0. The fourth-order valence-corrected chi connectivity index (χ4v) is 4.26. The summed E-state index contributed by atoms with van der Waals surface area (Å²) in [6.45, 7) is 4.62. The van der Waals surface area contributed by atoms with Crippen molar-refractivity contribution < 1.29 is 19.1 Å². The number of carbonyl (C=O) groups excluding carboxylic acids is 3. The lowest BCUT2D eigenvalue weighted by atomic mass is 10.1. The average Bonchev–Trinajstić information content (AvgIpc) is 3.14. The molecule has 0 bridgehead atoms. The van der Waals surface area contributed by atoms with Crippen LogP contribution in [0.1, 0.15) is 30.0 Å². The highest BCUT2D eigenvalue weighted by Crippen LogP contribution is 2.29. The lowest BCUT2D eigenvalue weighted by molar-refractivity contribution is -0.138. The van der Waals surface area contributed by atoms with Gasteiger partial charge >= 0.3 is 0 Å². The van der Waals surface area contributed by atoms with Crippen LogP contribution in [0, 0.1) is 6.92 Å². The lowest BCUT2D eigenvalue weighted by Crippen LogP contribution is -2.45. The van der Waals surface area contributed by atoms with Gasteiger partial charge in [-0.1, -0.05) is 53.6 Å². The SMILES string of the molecule is CCOc1ccc(N2C(=O)CC(N(Cc3ccc(C)cc3)C(=O)Cc3ccc(Cl)cc3)C2=O)cc1. The van der Waals surface area contributed by atoms with Crippen LogP contribution in [-0.4, -0.2) is 35.3 Å². The van der Waals surface area contributed by atoms with E-state index in [-0.39, 0.29) is 31.2 Å². The highest BCUT2D eigenvalue weighted by Gasteiger charge is 2.44. The predicted molar refractivity (Wildman–Crippen MR) is 135 cm³/mol. The maximum Gasteiger partial charge on any atom is 0.257 e. The number of rotatable bonds is 8. The Morgan fingerprint density at radius 2 is 1.60 bits per heavy atom. The van der Waals surface area contributed by atoms with Gasteiger partial charge in [-0.05, 0) is 61.4 Å². The molecule has 35 heavy (non-hydrogen) atoms. The first-order valence-corrected chi connectivity index (χ1v) is 11.9. The first-order valence-electron chi connectivity index (χ1n) is 11.5. The van der Waals surface area contributed by atoms with Gasteiger partial charge < -0.3 is 9.64 Å². The predicted octanol–water partition coefficient (Wildman–Crippen LogP) is 4.95. The third-order valence-corrected chi connectivity index (χ3v) is 6.22. The molecule has 7 heteroatoms. The molecule has 1 atom stereocenters. The number of benzene rings is 3. The minimum atomic E-state index is -0.879. The molecule has 0 aromatic heterocycles. The average molecular weight is 491 g/mol.